The van der Waals surface area contributed by atoms with Crippen LogP contribution in [0, 0.1) is 6.92 Å². The number of para-hydroxylation sites is 1. The average molecular weight is 370 g/mol. The summed E-state index contributed by atoms with van der Waals surface area (Å²) in [6, 6.07) is 26.4. The summed E-state index contributed by atoms with van der Waals surface area (Å²) < 4.78 is 0. The van der Waals surface area contributed by atoms with Crippen LogP contribution in [0.5, 0.6) is 0 Å². The Balaban J connectivity index is 1.77. The summed E-state index contributed by atoms with van der Waals surface area (Å²) in [5, 5.41) is 3.10. The van der Waals surface area contributed by atoms with Gasteiger partial charge >= 0.3 is 6.03 Å². The van der Waals surface area contributed by atoms with E-state index in [4.69, 9.17) is 0 Å². The zero-order chi connectivity index (χ0) is 19.5. The Hall–Kier alpha value is -3.40. The van der Waals surface area contributed by atoms with E-state index in [0.29, 0.717) is 5.69 Å². The van der Waals surface area contributed by atoms with Crippen molar-refractivity contribution in [1.29, 1.82) is 0 Å². The maximum atomic E-state index is 13.1. The Morgan fingerprint density at radius 3 is 2.04 bits per heavy atom. The molecule has 2 atom stereocenters. The molecule has 0 bridgehead atoms. The van der Waals surface area contributed by atoms with Crippen LogP contribution < -0.4 is 10.2 Å². The molecule has 4 nitrogen and oxygen atoms in total. The third-order valence-corrected chi connectivity index (χ3v) is 5.21. The Morgan fingerprint density at radius 2 is 1.39 bits per heavy atom. The summed E-state index contributed by atoms with van der Waals surface area (Å²) in [6.45, 7) is 2.04. The first-order valence-electron chi connectivity index (χ1n) is 9.43. The lowest BCUT2D eigenvalue weighted by molar-refractivity contribution is -0.118. The van der Waals surface area contributed by atoms with E-state index in [-0.39, 0.29) is 30.3 Å². The van der Waals surface area contributed by atoms with Gasteiger partial charge in [0.1, 0.15) is 0 Å². The first-order valence-corrected chi connectivity index (χ1v) is 9.43. The molecule has 4 rings (SSSR count). The smallest absolute Gasteiger partial charge is 0.329 e. The summed E-state index contributed by atoms with van der Waals surface area (Å²) in [7, 11) is 0. The highest BCUT2D eigenvalue weighted by atomic mass is 16.2. The first-order chi connectivity index (χ1) is 13.6. The maximum Gasteiger partial charge on any atom is 0.329 e. The van der Waals surface area contributed by atoms with Crippen LogP contribution in [0.25, 0.3) is 0 Å². The van der Waals surface area contributed by atoms with E-state index >= 15 is 0 Å². The van der Waals surface area contributed by atoms with Gasteiger partial charge in [0.15, 0.2) is 0 Å². The third kappa shape index (κ3) is 3.54. The molecule has 0 spiro atoms. The number of rotatable bonds is 3. The highest BCUT2D eigenvalue weighted by Crippen LogP contribution is 2.37. The molecule has 28 heavy (non-hydrogen) atoms. The Bertz CT molecular complexity index is 969. The molecule has 1 heterocycles. The predicted molar refractivity (Wildman–Crippen MR) is 110 cm³/mol. The van der Waals surface area contributed by atoms with Gasteiger partial charge in [0.05, 0.1) is 11.7 Å². The van der Waals surface area contributed by atoms with E-state index in [9.17, 15) is 9.59 Å². The first kappa shape index (κ1) is 18.0. The normalized spacial score (nSPS) is 19.8. The van der Waals surface area contributed by atoms with Gasteiger partial charge in [-0.2, -0.15) is 0 Å². The molecule has 3 aromatic carbocycles. The molecule has 0 aromatic heterocycles. The standard InChI is InChI=1S/C24H22N2O2/c1-17-12-14-18(15-13-17)21-16-22(27)26(20-10-6-3-7-11-20)24(28)25-23(21)19-8-4-2-5-9-19/h2-15,21,23H,16H2,1H3,(H,25,28)/t21-,23-/m1/s1. The molecule has 1 N–H and O–H groups in total. The minimum absolute atomic E-state index is 0.145. The second-order valence-electron chi connectivity index (χ2n) is 7.12. The number of hydrogen-bond donors (Lipinski definition) is 1. The SMILES string of the molecule is Cc1ccc([C@H]2CC(=O)N(c3ccccc3)C(=O)N[C@@H]2c2ccccc2)cc1. The molecule has 3 amide bonds. The Labute approximate surface area is 164 Å². The Morgan fingerprint density at radius 1 is 0.786 bits per heavy atom. The van der Waals surface area contributed by atoms with Crippen LogP contribution in [0.3, 0.4) is 0 Å². The van der Waals surface area contributed by atoms with E-state index < -0.39 is 0 Å². The molecule has 0 unspecified atom stereocenters. The van der Waals surface area contributed by atoms with Crippen LogP contribution in [-0.4, -0.2) is 11.9 Å². The lowest BCUT2D eigenvalue weighted by Crippen LogP contribution is -2.42. The second kappa shape index (κ2) is 7.69. The van der Waals surface area contributed by atoms with Gasteiger partial charge in [-0.15, -0.1) is 0 Å². The van der Waals surface area contributed by atoms with Crippen molar-refractivity contribution in [3.05, 3.63) is 102 Å². The lowest BCUT2D eigenvalue weighted by Gasteiger charge is -2.25. The van der Waals surface area contributed by atoms with Gasteiger partial charge in [-0.05, 0) is 30.2 Å². The predicted octanol–water partition coefficient (Wildman–Crippen LogP) is 4.97. The number of anilines is 1. The monoisotopic (exact) mass is 370 g/mol. The summed E-state index contributed by atoms with van der Waals surface area (Å²) in [6.07, 6.45) is 0.246. The van der Waals surface area contributed by atoms with Crippen LogP contribution in [0.2, 0.25) is 0 Å². The fraction of sp³-hybridized carbons (Fsp3) is 0.167. The molecule has 1 saturated heterocycles. The molecular formula is C24H22N2O2. The van der Waals surface area contributed by atoms with Gasteiger partial charge in [0, 0.05) is 12.3 Å². The Kier molecular flexibility index (Phi) is 4.94. The van der Waals surface area contributed by atoms with Crippen molar-refractivity contribution in [2.45, 2.75) is 25.3 Å². The van der Waals surface area contributed by atoms with Crippen molar-refractivity contribution in [3.8, 4) is 0 Å². The number of carbonyl (C=O) groups excluding carboxylic acids is 2. The average Bonchev–Trinajstić information content (AvgIpc) is 2.85. The minimum atomic E-state index is -0.389. The number of imide groups is 1. The van der Waals surface area contributed by atoms with Crippen molar-refractivity contribution in [2.75, 3.05) is 4.90 Å². The number of aryl methyl sites for hydroxylation is 1. The summed E-state index contributed by atoms with van der Waals surface area (Å²) in [4.78, 5) is 27.4. The van der Waals surface area contributed by atoms with Gasteiger partial charge < -0.3 is 5.32 Å². The quantitative estimate of drug-likeness (QED) is 0.708. The summed E-state index contributed by atoms with van der Waals surface area (Å²) in [5.41, 5.74) is 3.78. The van der Waals surface area contributed by atoms with Gasteiger partial charge in [0.2, 0.25) is 5.91 Å². The zero-order valence-corrected chi connectivity index (χ0v) is 15.7. The van der Waals surface area contributed by atoms with Crippen molar-refractivity contribution in [2.24, 2.45) is 0 Å². The van der Waals surface area contributed by atoms with Gasteiger partial charge in [-0.1, -0.05) is 78.4 Å². The van der Waals surface area contributed by atoms with Gasteiger partial charge in [-0.3, -0.25) is 4.79 Å². The highest BCUT2D eigenvalue weighted by molar-refractivity contribution is 6.15. The zero-order valence-electron chi connectivity index (χ0n) is 15.7. The van der Waals surface area contributed by atoms with Gasteiger partial charge in [-0.25, -0.2) is 9.69 Å². The number of carbonyl (C=O) groups is 2. The van der Waals surface area contributed by atoms with E-state index in [2.05, 4.69) is 5.32 Å². The highest BCUT2D eigenvalue weighted by Gasteiger charge is 2.37. The van der Waals surface area contributed by atoms with Crippen LogP contribution in [0.15, 0.2) is 84.9 Å². The maximum absolute atomic E-state index is 13.1. The second-order valence-corrected chi connectivity index (χ2v) is 7.12. The van der Waals surface area contributed by atoms with Crippen molar-refractivity contribution in [1.82, 2.24) is 5.32 Å². The molecule has 0 aliphatic carbocycles. The van der Waals surface area contributed by atoms with E-state index in [1.807, 2.05) is 79.7 Å². The van der Waals surface area contributed by atoms with Crippen LogP contribution >= 0.6 is 0 Å². The summed E-state index contributed by atoms with van der Waals surface area (Å²) >= 11 is 0. The molecule has 140 valence electrons. The number of benzene rings is 3. The molecule has 3 aromatic rings. The molecule has 4 heteroatoms. The third-order valence-electron chi connectivity index (χ3n) is 5.21. The number of hydrogen-bond acceptors (Lipinski definition) is 2. The number of urea groups is 1. The van der Waals surface area contributed by atoms with Crippen molar-refractivity contribution in [3.63, 3.8) is 0 Å². The minimum Gasteiger partial charge on any atom is -0.330 e. The van der Waals surface area contributed by atoms with Crippen molar-refractivity contribution < 1.29 is 9.59 Å². The van der Waals surface area contributed by atoms with Crippen LogP contribution in [0.1, 0.15) is 35.1 Å². The molecule has 0 radical (unpaired) electrons. The molecule has 0 saturated carbocycles. The molecule has 1 aliphatic heterocycles. The topological polar surface area (TPSA) is 49.4 Å². The molecular weight excluding hydrogens is 348 g/mol. The molecule has 1 aliphatic rings. The van der Waals surface area contributed by atoms with Crippen molar-refractivity contribution >= 4 is 17.6 Å². The number of nitrogens with one attached hydrogen (secondary N) is 1. The van der Waals surface area contributed by atoms with Gasteiger partial charge in [0.25, 0.3) is 0 Å². The number of nitrogens with zero attached hydrogens (tertiary/aromatic N) is 1. The van der Waals surface area contributed by atoms with E-state index in [0.717, 1.165) is 16.7 Å². The fourth-order valence-corrected chi connectivity index (χ4v) is 3.75. The largest absolute Gasteiger partial charge is 0.330 e. The van der Waals surface area contributed by atoms with E-state index in [1.165, 1.54) is 4.90 Å². The molecule has 1 fully saturated rings. The number of amides is 3. The van der Waals surface area contributed by atoms with E-state index in [1.54, 1.807) is 12.1 Å². The lowest BCUT2D eigenvalue weighted by atomic mass is 9.84. The summed E-state index contributed by atoms with van der Waals surface area (Å²) in [5.74, 6) is -0.346. The van der Waals surface area contributed by atoms with Crippen LogP contribution in [0.4, 0.5) is 10.5 Å². The van der Waals surface area contributed by atoms with Crippen LogP contribution in [-0.2, 0) is 4.79 Å². The fourth-order valence-electron chi connectivity index (χ4n) is 3.75.